The zero-order chi connectivity index (χ0) is 22.1. The van der Waals surface area contributed by atoms with Gasteiger partial charge in [-0.05, 0) is 68.2 Å². The molecule has 1 aromatic heterocycles. The first kappa shape index (κ1) is 22.6. The number of nitrogens with one attached hydrogen (secondary N) is 2. The molecule has 0 saturated carbocycles. The maximum absolute atomic E-state index is 5.69. The molecule has 0 aliphatic carbocycles. The molecule has 0 atom stereocenters. The van der Waals surface area contributed by atoms with Crippen LogP contribution in [-0.4, -0.2) is 34.7 Å². The maximum Gasteiger partial charge on any atom is 0.172 e. The molecule has 1 heterocycles. The molecule has 0 radical (unpaired) electrons. The number of rotatable bonds is 10. The second-order valence-electron chi connectivity index (χ2n) is 7.10. The number of hydrogen-bond acceptors (Lipinski definition) is 4. The molecule has 0 amide bonds. The number of anilines is 1. The fourth-order valence-electron chi connectivity index (χ4n) is 3.21. The van der Waals surface area contributed by atoms with Gasteiger partial charge in [-0.1, -0.05) is 30.3 Å². The van der Waals surface area contributed by atoms with E-state index >= 15 is 0 Å². The maximum atomic E-state index is 5.69. The van der Waals surface area contributed by atoms with E-state index in [1.807, 2.05) is 55.1 Å². The van der Waals surface area contributed by atoms with Crippen molar-refractivity contribution in [2.24, 2.45) is 0 Å². The van der Waals surface area contributed by atoms with Crippen molar-refractivity contribution in [2.75, 3.05) is 25.1 Å². The standard InChI is InChI=1S/C24H30N4O2S/c1-4-29-21-11-10-19(16-22(21)30-5-2)12-14-25-24(31)26-23-13-15-28(27-23)17-20-9-7-6-8-18(20)3/h6-11,13,15-16H,4-5,12,14,17H2,1-3H3,(H2,25,26,27,31). The van der Waals surface area contributed by atoms with Crippen molar-refractivity contribution in [3.8, 4) is 11.5 Å². The van der Waals surface area contributed by atoms with E-state index in [-0.39, 0.29) is 0 Å². The van der Waals surface area contributed by atoms with Crippen molar-refractivity contribution < 1.29 is 9.47 Å². The van der Waals surface area contributed by atoms with Crippen LogP contribution < -0.4 is 20.1 Å². The van der Waals surface area contributed by atoms with Gasteiger partial charge >= 0.3 is 0 Å². The highest BCUT2D eigenvalue weighted by molar-refractivity contribution is 7.80. The number of benzene rings is 2. The number of ether oxygens (including phenoxy) is 2. The molecule has 0 saturated heterocycles. The van der Waals surface area contributed by atoms with Gasteiger partial charge in [0, 0.05) is 18.8 Å². The molecule has 0 fully saturated rings. The summed E-state index contributed by atoms with van der Waals surface area (Å²) >= 11 is 5.42. The molecule has 3 rings (SSSR count). The summed E-state index contributed by atoms with van der Waals surface area (Å²) in [5.41, 5.74) is 3.66. The van der Waals surface area contributed by atoms with E-state index in [0.717, 1.165) is 35.8 Å². The number of aryl methyl sites for hydroxylation is 1. The van der Waals surface area contributed by atoms with E-state index in [1.165, 1.54) is 11.1 Å². The quantitative estimate of drug-likeness (QED) is 0.452. The molecule has 6 nitrogen and oxygen atoms in total. The molecular formula is C24H30N4O2S. The normalized spacial score (nSPS) is 10.5. The third-order valence-electron chi connectivity index (χ3n) is 4.78. The van der Waals surface area contributed by atoms with Gasteiger partial charge in [0.05, 0.1) is 19.8 Å². The van der Waals surface area contributed by atoms with Crippen LogP contribution in [0.5, 0.6) is 11.5 Å². The van der Waals surface area contributed by atoms with Crippen molar-refractivity contribution in [3.05, 3.63) is 71.4 Å². The summed E-state index contributed by atoms with van der Waals surface area (Å²) < 4.78 is 13.2. The lowest BCUT2D eigenvalue weighted by atomic mass is 10.1. The van der Waals surface area contributed by atoms with Crippen LogP contribution >= 0.6 is 12.2 Å². The third-order valence-corrected chi connectivity index (χ3v) is 5.03. The SMILES string of the molecule is CCOc1ccc(CCNC(=S)Nc2ccn(Cc3ccccc3C)n2)cc1OCC. The Balaban J connectivity index is 1.48. The molecule has 0 spiro atoms. The molecule has 3 aromatic rings. The highest BCUT2D eigenvalue weighted by Gasteiger charge is 2.07. The Kier molecular flexibility index (Phi) is 8.29. The first-order valence-corrected chi connectivity index (χ1v) is 11.0. The minimum atomic E-state index is 0.553. The van der Waals surface area contributed by atoms with Crippen molar-refractivity contribution >= 4 is 23.1 Å². The van der Waals surface area contributed by atoms with Crippen LogP contribution in [0.25, 0.3) is 0 Å². The van der Waals surface area contributed by atoms with Gasteiger partial charge in [0.1, 0.15) is 0 Å². The van der Waals surface area contributed by atoms with Gasteiger partial charge in [-0.25, -0.2) is 0 Å². The van der Waals surface area contributed by atoms with Gasteiger partial charge in [-0.2, -0.15) is 5.10 Å². The van der Waals surface area contributed by atoms with E-state index in [1.54, 1.807) is 0 Å². The van der Waals surface area contributed by atoms with E-state index in [9.17, 15) is 0 Å². The smallest absolute Gasteiger partial charge is 0.172 e. The minimum absolute atomic E-state index is 0.553. The molecule has 0 aliphatic heterocycles. The van der Waals surface area contributed by atoms with Crippen LogP contribution in [0.15, 0.2) is 54.7 Å². The molecule has 0 unspecified atom stereocenters. The fraction of sp³-hybridized carbons (Fsp3) is 0.333. The number of nitrogens with zero attached hydrogens (tertiary/aromatic N) is 2. The zero-order valence-electron chi connectivity index (χ0n) is 18.4. The molecule has 0 bridgehead atoms. The van der Waals surface area contributed by atoms with Crippen LogP contribution in [0.3, 0.4) is 0 Å². The Morgan fingerprint density at radius 3 is 2.58 bits per heavy atom. The second kappa shape index (κ2) is 11.4. The number of thiocarbonyl (C=S) groups is 1. The second-order valence-corrected chi connectivity index (χ2v) is 7.51. The predicted octanol–water partition coefficient (Wildman–Crippen LogP) is 4.57. The monoisotopic (exact) mass is 438 g/mol. The van der Waals surface area contributed by atoms with Crippen LogP contribution in [0.4, 0.5) is 5.82 Å². The van der Waals surface area contributed by atoms with Gasteiger partial charge in [0.25, 0.3) is 0 Å². The van der Waals surface area contributed by atoms with Crippen molar-refractivity contribution in [1.82, 2.24) is 15.1 Å². The van der Waals surface area contributed by atoms with Crippen molar-refractivity contribution in [2.45, 2.75) is 33.7 Å². The topological polar surface area (TPSA) is 60.3 Å². The number of hydrogen-bond donors (Lipinski definition) is 2. The zero-order valence-corrected chi connectivity index (χ0v) is 19.2. The lowest BCUT2D eigenvalue weighted by Crippen LogP contribution is -2.30. The minimum Gasteiger partial charge on any atom is -0.490 e. The molecule has 7 heteroatoms. The summed E-state index contributed by atoms with van der Waals surface area (Å²) in [6, 6.07) is 16.3. The highest BCUT2D eigenvalue weighted by atomic mass is 32.1. The summed E-state index contributed by atoms with van der Waals surface area (Å²) in [5, 5.41) is 11.5. The number of aromatic nitrogens is 2. The Morgan fingerprint density at radius 2 is 1.81 bits per heavy atom. The van der Waals surface area contributed by atoms with E-state index < -0.39 is 0 Å². The van der Waals surface area contributed by atoms with Crippen LogP contribution in [0.1, 0.15) is 30.5 Å². The van der Waals surface area contributed by atoms with Crippen molar-refractivity contribution in [3.63, 3.8) is 0 Å². The first-order chi connectivity index (χ1) is 15.1. The summed E-state index contributed by atoms with van der Waals surface area (Å²) in [4.78, 5) is 0. The fourth-order valence-corrected chi connectivity index (χ4v) is 3.42. The van der Waals surface area contributed by atoms with Gasteiger partial charge in [-0.15, -0.1) is 0 Å². The summed E-state index contributed by atoms with van der Waals surface area (Å²) in [6.45, 7) is 8.69. The molecule has 2 N–H and O–H groups in total. The van der Waals surface area contributed by atoms with Crippen LogP contribution in [0, 0.1) is 6.92 Å². The Labute approximate surface area is 189 Å². The Bertz CT molecular complexity index is 1000. The Hall–Kier alpha value is -3.06. The summed E-state index contributed by atoms with van der Waals surface area (Å²) in [7, 11) is 0. The molecular weight excluding hydrogens is 408 g/mol. The molecule has 0 aliphatic rings. The average molecular weight is 439 g/mol. The van der Waals surface area contributed by atoms with Gasteiger partial charge in [-0.3, -0.25) is 4.68 Å². The average Bonchev–Trinajstić information content (AvgIpc) is 3.18. The van der Waals surface area contributed by atoms with E-state index in [2.05, 4.69) is 40.9 Å². The highest BCUT2D eigenvalue weighted by Crippen LogP contribution is 2.28. The largest absolute Gasteiger partial charge is 0.490 e. The Morgan fingerprint density at radius 1 is 1.03 bits per heavy atom. The van der Waals surface area contributed by atoms with E-state index in [0.29, 0.717) is 24.9 Å². The molecule has 2 aromatic carbocycles. The van der Waals surface area contributed by atoms with Crippen LogP contribution in [0.2, 0.25) is 0 Å². The molecule has 31 heavy (non-hydrogen) atoms. The van der Waals surface area contributed by atoms with Crippen molar-refractivity contribution in [1.29, 1.82) is 0 Å². The van der Waals surface area contributed by atoms with Crippen LogP contribution in [-0.2, 0) is 13.0 Å². The molecule has 164 valence electrons. The van der Waals surface area contributed by atoms with Gasteiger partial charge in [0.2, 0.25) is 0 Å². The van der Waals surface area contributed by atoms with Gasteiger partial charge in [0.15, 0.2) is 22.4 Å². The van der Waals surface area contributed by atoms with E-state index in [4.69, 9.17) is 21.7 Å². The van der Waals surface area contributed by atoms with Gasteiger partial charge < -0.3 is 20.1 Å². The first-order valence-electron chi connectivity index (χ1n) is 10.6. The summed E-state index contributed by atoms with van der Waals surface area (Å²) in [6.07, 6.45) is 2.77. The lowest BCUT2D eigenvalue weighted by molar-refractivity contribution is 0.287. The summed E-state index contributed by atoms with van der Waals surface area (Å²) in [5.74, 6) is 2.28. The third kappa shape index (κ3) is 6.72. The lowest BCUT2D eigenvalue weighted by Gasteiger charge is -2.13. The predicted molar refractivity (Wildman–Crippen MR) is 129 cm³/mol.